The van der Waals surface area contributed by atoms with E-state index in [-0.39, 0.29) is 18.1 Å². The fraction of sp³-hybridized carbons (Fsp3) is 0.591. The monoisotopic (exact) mass is 449 g/mol. The predicted octanol–water partition coefficient (Wildman–Crippen LogP) is 3.84. The Bertz CT molecular complexity index is 900. The van der Waals surface area contributed by atoms with Crippen LogP contribution in [0.25, 0.3) is 0 Å². The second-order valence-electron chi connectivity index (χ2n) is 8.56. The number of thiazole rings is 1. The van der Waals surface area contributed by atoms with Gasteiger partial charge in [-0.3, -0.25) is 9.78 Å². The summed E-state index contributed by atoms with van der Waals surface area (Å²) in [6.07, 6.45) is 8.66. The van der Waals surface area contributed by atoms with Crippen LogP contribution in [0.1, 0.15) is 54.4 Å². The summed E-state index contributed by atoms with van der Waals surface area (Å²) in [4.78, 5) is 25.9. The van der Waals surface area contributed by atoms with Gasteiger partial charge in [-0.05, 0) is 51.1 Å². The highest BCUT2D eigenvalue weighted by Crippen LogP contribution is 2.28. The van der Waals surface area contributed by atoms with Crippen LogP contribution in [0, 0.1) is 17.6 Å². The van der Waals surface area contributed by atoms with Crippen molar-refractivity contribution in [2.75, 3.05) is 31.1 Å². The molecule has 2 aliphatic heterocycles. The van der Waals surface area contributed by atoms with Crippen molar-refractivity contribution in [2.45, 2.75) is 51.6 Å². The van der Waals surface area contributed by atoms with Gasteiger partial charge in [0.05, 0.1) is 24.6 Å². The summed E-state index contributed by atoms with van der Waals surface area (Å²) in [6, 6.07) is 1.40. The molecule has 31 heavy (non-hydrogen) atoms. The fourth-order valence-corrected chi connectivity index (χ4v) is 5.30. The van der Waals surface area contributed by atoms with E-state index in [0.29, 0.717) is 10.9 Å². The van der Waals surface area contributed by atoms with Crippen molar-refractivity contribution in [2.24, 2.45) is 5.92 Å². The molecule has 2 aromatic rings. The Kier molecular flexibility index (Phi) is 7.12. The summed E-state index contributed by atoms with van der Waals surface area (Å²) < 4.78 is 26.6. The van der Waals surface area contributed by atoms with Gasteiger partial charge in [0.15, 0.2) is 5.13 Å². The zero-order chi connectivity index (χ0) is 21.8. The van der Waals surface area contributed by atoms with Gasteiger partial charge in [0, 0.05) is 25.2 Å². The summed E-state index contributed by atoms with van der Waals surface area (Å²) >= 11 is 1.34. The maximum absolute atomic E-state index is 13.7. The first kappa shape index (κ1) is 22.1. The molecule has 1 atom stereocenters. The van der Waals surface area contributed by atoms with Gasteiger partial charge in [0.1, 0.15) is 16.5 Å². The molecular formula is C22H29F2N5OS. The third-order valence-corrected chi connectivity index (χ3v) is 7.38. The van der Waals surface area contributed by atoms with Crippen LogP contribution in [-0.2, 0) is 6.54 Å². The molecule has 4 heterocycles. The molecule has 0 bridgehead atoms. The number of nitrogens with one attached hydrogen (secondary N) is 1. The highest BCUT2D eigenvalue weighted by atomic mass is 32.1. The van der Waals surface area contributed by atoms with E-state index in [4.69, 9.17) is 0 Å². The number of nitrogens with zero attached hydrogens (tertiary/aromatic N) is 4. The molecule has 2 saturated heterocycles. The Hall–Kier alpha value is -2.13. The Morgan fingerprint density at radius 3 is 2.71 bits per heavy atom. The van der Waals surface area contributed by atoms with Crippen LogP contribution < -0.4 is 10.2 Å². The van der Waals surface area contributed by atoms with Gasteiger partial charge in [-0.1, -0.05) is 18.3 Å². The second-order valence-corrected chi connectivity index (χ2v) is 9.57. The average molecular weight is 450 g/mol. The SMILES string of the molecule is C[C@@H]1CCCN(C2CCN(c3ncc(C(=O)NCc4ncc(F)cc4F)s3)CC2)CC1. The molecule has 1 N–H and O–H groups in total. The van der Waals surface area contributed by atoms with Gasteiger partial charge < -0.3 is 15.1 Å². The van der Waals surface area contributed by atoms with E-state index in [9.17, 15) is 13.6 Å². The van der Waals surface area contributed by atoms with Crippen LogP contribution in [0.3, 0.4) is 0 Å². The highest BCUT2D eigenvalue weighted by Gasteiger charge is 2.27. The third kappa shape index (κ3) is 5.57. The molecule has 9 heteroatoms. The molecule has 0 aliphatic carbocycles. The highest BCUT2D eigenvalue weighted by molar-refractivity contribution is 7.17. The van der Waals surface area contributed by atoms with Crippen LogP contribution in [0.15, 0.2) is 18.5 Å². The van der Waals surface area contributed by atoms with Crippen molar-refractivity contribution in [3.8, 4) is 0 Å². The zero-order valence-electron chi connectivity index (χ0n) is 17.8. The van der Waals surface area contributed by atoms with Crippen LogP contribution in [-0.4, -0.2) is 53.0 Å². The molecule has 2 fully saturated rings. The number of rotatable bonds is 5. The Morgan fingerprint density at radius 2 is 1.94 bits per heavy atom. The Morgan fingerprint density at radius 1 is 1.13 bits per heavy atom. The largest absolute Gasteiger partial charge is 0.348 e. The maximum Gasteiger partial charge on any atom is 0.263 e. The number of halogens is 2. The molecule has 1 amide bonds. The normalized spacial score (nSPS) is 21.1. The van der Waals surface area contributed by atoms with E-state index in [2.05, 4.69) is 32.0 Å². The third-order valence-electron chi connectivity index (χ3n) is 6.32. The van der Waals surface area contributed by atoms with Gasteiger partial charge >= 0.3 is 0 Å². The molecule has 0 spiro atoms. The summed E-state index contributed by atoms with van der Waals surface area (Å²) in [5.41, 5.74) is 0.00414. The van der Waals surface area contributed by atoms with E-state index in [0.717, 1.165) is 49.2 Å². The fourth-order valence-electron chi connectivity index (χ4n) is 4.41. The summed E-state index contributed by atoms with van der Waals surface area (Å²) in [7, 11) is 0. The number of anilines is 1. The van der Waals surface area contributed by atoms with Crippen molar-refractivity contribution >= 4 is 22.4 Å². The average Bonchev–Trinajstić information content (AvgIpc) is 3.16. The number of piperidine rings is 1. The first-order valence-electron chi connectivity index (χ1n) is 11.0. The first-order chi connectivity index (χ1) is 15.0. The minimum Gasteiger partial charge on any atom is -0.348 e. The topological polar surface area (TPSA) is 61.4 Å². The standard InChI is InChI=1S/C22H29F2N5OS/c1-15-3-2-7-28(8-4-15)17-5-9-29(10-6-17)22-27-14-20(31-22)21(30)26-13-19-18(24)11-16(23)12-25-19/h11-12,14-15,17H,2-10,13H2,1H3,(H,26,30)/t15-/m1/s1. The minimum atomic E-state index is -0.771. The number of pyridine rings is 1. The number of hydrogen-bond donors (Lipinski definition) is 1. The number of hydrogen-bond acceptors (Lipinski definition) is 6. The van der Waals surface area contributed by atoms with Gasteiger partial charge in [-0.15, -0.1) is 0 Å². The lowest BCUT2D eigenvalue weighted by atomic mass is 10.0. The van der Waals surface area contributed by atoms with Crippen molar-refractivity contribution in [1.82, 2.24) is 20.2 Å². The Labute approximate surface area is 185 Å². The lowest BCUT2D eigenvalue weighted by molar-refractivity contribution is 0.0954. The van der Waals surface area contributed by atoms with Crippen molar-refractivity contribution < 1.29 is 13.6 Å². The predicted molar refractivity (Wildman–Crippen MR) is 117 cm³/mol. The van der Waals surface area contributed by atoms with E-state index in [1.807, 2.05) is 0 Å². The quantitative estimate of drug-likeness (QED) is 0.752. The lowest BCUT2D eigenvalue weighted by Gasteiger charge is -2.38. The van der Waals surface area contributed by atoms with Crippen LogP contribution in [0.5, 0.6) is 0 Å². The van der Waals surface area contributed by atoms with Crippen LogP contribution in [0.2, 0.25) is 0 Å². The first-order valence-corrected chi connectivity index (χ1v) is 11.8. The molecular weight excluding hydrogens is 420 g/mol. The van der Waals surface area contributed by atoms with E-state index >= 15 is 0 Å². The molecule has 0 radical (unpaired) electrons. The van der Waals surface area contributed by atoms with E-state index < -0.39 is 11.6 Å². The zero-order valence-corrected chi connectivity index (χ0v) is 18.6. The summed E-state index contributed by atoms with van der Waals surface area (Å²) in [6.45, 7) is 6.55. The summed E-state index contributed by atoms with van der Waals surface area (Å²) in [5, 5.41) is 3.48. The van der Waals surface area contributed by atoms with Crippen molar-refractivity contribution in [3.63, 3.8) is 0 Å². The van der Waals surface area contributed by atoms with Crippen LogP contribution >= 0.6 is 11.3 Å². The van der Waals surface area contributed by atoms with Gasteiger partial charge in [-0.25, -0.2) is 13.8 Å². The minimum absolute atomic E-state index is 0.00414. The van der Waals surface area contributed by atoms with Gasteiger partial charge in [0.2, 0.25) is 0 Å². The molecule has 2 aliphatic rings. The van der Waals surface area contributed by atoms with E-state index in [1.165, 1.54) is 43.7 Å². The molecule has 0 unspecified atom stereocenters. The van der Waals surface area contributed by atoms with Crippen LogP contribution in [0.4, 0.5) is 13.9 Å². The van der Waals surface area contributed by atoms with Gasteiger partial charge in [-0.2, -0.15) is 0 Å². The number of likely N-dealkylation sites (tertiary alicyclic amines) is 1. The smallest absolute Gasteiger partial charge is 0.263 e. The van der Waals surface area contributed by atoms with Crippen molar-refractivity contribution in [3.05, 3.63) is 40.7 Å². The molecule has 2 aromatic heterocycles. The number of carbonyl (C=O) groups excluding carboxylic acids is 1. The second kappa shape index (κ2) is 9.99. The molecule has 6 nitrogen and oxygen atoms in total. The molecule has 0 saturated carbocycles. The molecule has 168 valence electrons. The molecule has 4 rings (SSSR count). The molecule has 0 aromatic carbocycles. The maximum atomic E-state index is 13.7. The van der Waals surface area contributed by atoms with E-state index in [1.54, 1.807) is 6.20 Å². The lowest BCUT2D eigenvalue weighted by Crippen LogP contribution is -2.45. The Balaban J connectivity index is 1.28. The van der Waals surface area contributed by atoms with Gasteiger partial charge in [0.25, 0.3) is 5.91 Å². The summed E-state index contributed by atoms with van der Waals surface area (Å²) in [5.74, 6) is -1.01. The number of amides is 1. The number of aromatic nitrogens is 2. The van der Waals surface area contributed by atoms with Crippen molar-refractivity contribution in [1.29, 1.82) is 0 Å². The number of carbonyl (C=O) groups is 1.